The number of carbonyl (C=O) groups excluding carboxylic acids is 1. The lowest BCUT2D eigenvalue weighted by molar-refractivity contribution is -0.129. The normalized spacial score (nSPS) is 17.0. The molecule has 1 aliphatic heterocycles. The van der Waals surface area contributed by atoms with E-state index in [2.05, 4.69) is 19.8 Å². The van der Waals surface area contributed by atoms with Crippen molar-refractivity contribution in [1.82, 2.24) is 29.4 Å². The first-order valence-corrected chi connectivity index (χ1v) is 11.6. The zero-order valence-corrected chi connectivity index (χ0v) is 18.2. The standard InChI is InChI=1S/C19H24N6O2S2/c1-13-10-16(27-22-13)19-18(21-23-29-19)15-4-3-7-24(11-15)17(26)12-28-9-8-25-14(2)5-6-20-25/h5-6,10,15H,3-4,7-9,11-12H2,1-2H3/t15-/m1/s1. The van der Waals surface area contributed by atoms with E-state index in [1.54, 1.807) is 18.0 Å². The molecule has 0 aliphatic carbocycles. The van der Waals surface area contributed by atoms with E-state index in [0.29, 0.717) is 18.1 Å². The summed E-state index contributed by atoms with van der Waals surface area (Å²) in [6, 6.07) is 3.90. The summed E-state index contributed by atoms with van der Waals surface area (Å²) >= 11 is 2.99. The number of hydrogen-bond acceptors (Lipinski definition) is 8. The zero-order chi connectivity index (χ0) is 20.2. The number of aryl methyl sites for hydroxylation is 3. The molecule has 1 aliphatic rings. The number of hydrogen-bond donors (Lipinski definition) is 0. The number of piperidine rings is 1. The van der Waals surface area contributed by atoms with Gasteiger partial charge in [0.25, 0.3) is 0 Å². The van der Waals surface area contributed by atoms with Crippen LogP contribution in [-0.2, 0) is 11.3 Å². The lowest BCUT2D eigenvalue weighted by atomic mass is 9.93. The van der Waals surface area contributed by atoms with Gasteiger partial charge in [0.2, 0.25) is 5.91 Å². The molecule has 0 unspecified atom stereocenters. The van der Waals surface area contributed by atoms with Crippen LogP contribution in [0.15, 0.2) is 22.9 Å². The van der Waals surface area contributed by atoms with E-state index < -0.39 is 0 Å². The maximum absolute atomic E-state index is 12.7. The van der Waals surface area contributed by atoms with Crippen molar-refractivity contribution in [3.63, 3.8) is 0 Å². The lowest BCUT2D eigenvalue weighted by Gasteiger charge is -2.32. The van der Waals surface area contributed by atoms with Crippen molar-refractivity contribution < 1.29 is 9.32 Å². The smallest absolute Gasteiger partial charge is 0.232 e. The van der Waals surface area contributed by atoms with Gasteiger partial charge in [-0.1, -0.05) is 9.64 Å². The average molecular weight is 433 g/mol. The first-order valence-electron chi connectivity index (χ1n) is 9.71. The molecule has 0 bridgehead atoms. The molecular formula is C19H24N6O2S2. The second-order valence-corrected chi connectivity index (χ2v) is 9.11. The first-order chi connectivity index (χ1) is 14.1. The minimum absolute atomic E-state index is 0.184. The molecule has 1 amide bonds. The van der Waals surface area contributed by atoms with Crippen molar-refractivity contribution >= 4 is 29.2 Å². The van der Waals surface area contributed by atoms with Gasteiger partial charge in [-0.05, 0) is 44.3 Å². The van der Waals surface area contributed by atoms with E-state index in [0.717, 1.165) is 53.6 Å². The number of aromatic nitrogens is 5. The van der Waals surface area contributed by atoms with Crippen LogP contribution < -0.4 is 0 Å². The number of carbonyl (C=O) groups is 1. The Morgan fingerprint density at radius 1 is 1.41 bits per heavy atom. The molecule has 0 aromatic carbocycles. The number of rotatable bonds is 7. The van der Waals surface area contributed by atoms with Crippen molar-refractivity contribution in [1.29, 1.82) is 0 Å². The van der Waals surface area contributed by atoms with Crippen molar-refractivity contribution in [2.75, 3.05) is 24.6 Å². The lowest BCUT2D eigenvalue weighted by Crippen LogP contribution is -2.40. The molecule has 0 N–H and O–H groups in total. The van der Waals surface area contributed by atoms with E-state index >= 15 is 0 Å². The van der Waals surface area contributed by atoms with Crippen LogP contribution in [0.25, 0.3) is 10.6 Å². The molecule has 154 valence electrons. The third kappa shape index (κ3) is 4.69. The van der Waals surface area contributed by atoms with E-state index in [4.69, 9.17) is 4.52 Å². The predicted octanol–water partition coefficient (Wildman–Crippen LogP) is 3.15. The summed E-state index contributed by atoms with van der Waals surface area (Å²) in [6.45, 7) is 6.25. The Bertz CT molecular complexity index is 965. The van der Waals surface area contributed by atoms with E-state index in [1.165, 1.54) is 11.5 Å². The van der Waals surface area contributed by atoms with Gasteiger partial charge < -0.3 is 9.42 Å². The first kappa shape index (κ1) is 20.1. The van der Waals surface area contributed by atoms with Crippen LogP contribution in [0.5, 0.6) is 0 Å². The van der Waals surface area contributed by atoms with E-state index in [1.807, 2.05) is 35.6 Å². The van der Waals surface area contributed by atoms with Crippen LogP contribution in [-0.4, -0.2) is 59.9 Å². The van der Waals surface area contributed by atoms with E-state index in [-0.39, 0.29) is 11.8 Å². The van der Waals surface area contributed by atoms with Crippen molar-refractivity contribution in [3.05, 3.63) is 35.4 Å². The molecule has 29 heavy (non-hydrogen) atoms. The van der Waals surface area contributed by atoms with Gasteiger partial charge in [-0.25, -0.2) is 0 Å². The summed E-state index contributed by atoms with van der Waals surface area (Å²) in [5.41, 5.74) is 2.90. The number of nitrogens with zero attached hydrogens (tertiary/aromatic N) is 6. The Balaban J connectivity index is 1.32. The molecule has 3 aromatic heterocycles. The second kappa shape index (κ2) is 9.08. The summed E-state index contributed by atoms with van der Waals surface area (Å²) in [5.74, 6) is 2.45. The Morgan fingerprint density at radius 3 is 3.07 bits per heavy atom. The highest BCUT2D eigenvalue weighted by Crippen LogP contribution is 2.35. The molecule has 8 nitrogen and oxygen atoms in total. The molecular weight excluding hydrogens is 408 g/mol. The fraction of sp³-hybridized carbons (Fsp3) is 0.526. The molecule has 1 saturated heterocycles. The Labute approximate surface area is 177 Å². The van der Waals surface area contributed by atoms with Crippen molar-refractivity contribution in [3.8, 4) is 10.6 Å². The number of likely N-dealkylation sites (tertiary alicyclic amines) is 1. The Hall–Kier alpha value is -2.20. The summed E-state index contributed by atoms with van der Waals surface area (Å²) < 4.78 is 11.5. The summed E-state index contributed by atoms with van der Waals surface area (Å²) in [5, 5.41) is 12.6. The molecule has 10 heteroatoms. The molecule has 0 saturated carbocycles. The third-order valence-electron chi connectivity index (χ3n) is 5.13. The maximum Gasteiger partial charge on any atom is 0.232 e. The van der Waals surface area contributed by atoms with Gasteiger partial charge in [-0.2, -0.15) is 16.9 Å². The quantitative estimate of drug-likeness (QED) is 0.530. The van der Waals surface area contributed by atoms with E-state index in [9.17, 15) is 4.79 Å². The van der Waals surface area contributed by atoms with Crippen LogP contribution in [0, 0.1) is 13.8 Å². The molecule has 0 spiro atoms. The summed E-state index contributed by atoms with van der Waals surface area (Å²) in [4.78, 5) is 15.6. The Kier molecular flexibility index (Phi) is 6.29. The van der Waals surface area contributed by atoms with Crippen LogP contribution in [0.4, 0.5) is 0 Å². The van der Waals surface area contributed by atoms with Gasteiger partial charge in [0.15, 0.2) is 5.76 Å². The molecule has 1 atom stereocenters. The minimum atomic E-state index is 0.184. The average Bonchev–Trinajstić information content (AvgIpc) is 3.46. The predicted molar refractivity (Wildman–Crippen MR) is 113 cm³/mol. The monoisotopic (exact) mass is 432 g/mol. The number of thioether (sulfide) groups is 1. The third-order valence-corrected chi connectivity index (χ3v) is 6.81. The zero-order valence-electron chi connectivity index (χ0n) is 16.6. The molecule has 3 aromatic rings. The molecule has 0 radical (unpaired) electrons. The molecule has 1 fully saturated rings. The van der Waals surface area contributed by atoms with Crippen molar-refractivity contribution in [2.45, 2.75) is 39.2 Å². The maximum atomic E-state index is 12.7. The SMILES string of the molecule is Cc1cc(-c2snnc2[C@@H]2CCCN(C(=O)CSCCn3nccc3C)C2)on1. The summed E-state index contributed by atoms with van der Waals surface area (Å²) in [7, 11) is 0. The van der Waals surface area contributed by atoms with Crippen LogP contribution >= 0.6 is 23.3 Å². The van der Waals surface area contributed by atoms with Crippen LogP contribution in [0.3, 0.4) is 0 Å². The van der Waals surface area contributed by atoms with Gasteiger partial charge in [-0.3, -0.25) is 9.48 Å². The van der Waals surface area contributed by atoms with Gasteiger partial charge in [0, 0.05) is 42.7 Å². The van der Waals surface area contributed by atoms with Crippen molar-refractivity contribution in [2.24, 2.45) is 0 Å². The topological polar surface area (TPSA) is 89.9 Å². The fourth-order valence-electron chi connectivity index (χ4n) is 3.57. The van der Waals surface area contributed by atoms with Gasteiger partial charge >= 0.3 is 0 Å². The largest absolute Gasteiger partial charge is 0.355 e. The highest BCUT2D eigenvalue weighted by Gasteiger charge is 2.29. The fourth-order valence-corrected chi connectivity index (χ4v) is 5.07. The summed E-state index contributed by atoms with van der Waals surface area (Å²) in [6.07, 6.45) is 3.78. The molecule has 4 rings (SSSR count). The van der Waals surface area contributed by atoms with Crippen LogP contribution in [0.2, 0.25) is 0 Å². The Morgan fingerprint density at radius 2 is 2.31 bits per heavy atom. The minimum Gasteiger partial charge on any atom is -0.355 e. The van der Waals surface area contributed by atoms with Gasteiger partial charge in [-0.15, -0.1) is 5.10 Å². The second-order valence-electron chi connectivity index (χ2n) is 7.25. The highest BCUT2D eigenvalue weighted by atomic mass is 32.2. The number of amides is 1. The van der Waals surface area contributed by atoms with Crippen LogP contribution in [0.1, 0.15) is 35.8 Å². The highest BCUT2D eigenvalue weighted by molar-refractivity contribution is 7.99. The van der Waals surface area contributed by atoms with Gasteiger partial charge in [0.1, 0.15) is 4.88 Å². The van der Waals surface area contributed by atoms with Gasteiger partial charge in [0.05, 0.1) is 23.7 Å². The molecule has 4 heterocycles.